The largest absolute Gasteiger partial charge is 0.497 e. The highest BCUT2D eigenvalue weighted by Crippen LogP contribution is 2.31. The van der Waals surface area contributed by atoms with Crippen molar-refractivity contribution in [2.75, 3.05) is 13.7 Å². The molecule has 0 aromatic heterocycles. The van der Waals surface area contributed by atoms with Gasteiger partial charge >= 0.3 is 0 Å². The lowest BCUT2D eigenvalue weighted by Gasteiger charge is -2.34. The van der Waals surface area contributed by atoms with E-state index in [1.165, 1.54) is 19.3 Å². The van der Waals surface area contributed by atoms with Gasteiger partial charge in [-0.05, 0) is 43.4 Å². The molecule has 0 N–H and O–H groups in total. The Hall–Kier alpha value is -0.760. The number of hydrogen-bond acceptors (Lipinski definition) is 2. The highest BCUT2D eigenvalue weighted by atomic mass is 16.5. The van der Waals surface area contributed by atoms with E-state index in [-0.39, 0.29) is 5.60 Å². The Morgan fingerprint density at radius 2 is 1.90 bits per heavy atom. The lowest BCUT2D eigenvalue weighted by Crippen LogP contribution is -2.35. The number of ether oxygens (including phenoxy) is 2. The smallest absolute Gasteiger partial charge is 0.115 e. The van der Waals surface area contributed by atoms with Crippen LogP contribution in [0.5, 0.6) is 0 Å². The minimum Gasteiger partial charge on any atom is -0.497 e. The fourth-order valence-electron chi connectivity index (χ4n) is 2.68. The summed E-state index contributed by atoms with van der Waals surface area (Å²) in [6, 6.07) is 0. The molecule has 0 heterocycles. The number of methoxy groups -OCH3 is 1. The molecular formula is C19H34O2. The summed E-state index contributed by atoms with van der Waals surface area (Å²) in [6.45, 7) is 12.1. The van der Waals surface area contributed by atoms with Gasteiger partial charge in [-0.2, -0.15) is 0 Å². The first-order valence-electron chi connectivity index (χ1n) is 8.46. The Kier molecular flexibility index (Phi) is 7.51. The lowest BCUT2D eigenvalue weighted by molar-refractivity contribution is -0.0273. The second kappa shape index (κ2) is 8.63. The van der Waals surface area contributed by atoms with Crippen LogP contribution in [-0.4, -0.2) is 19.3 Å². The Balaban J connectivity index is 2.29. The summed E-state index contributed by atoms with van der Waals surface area (Å²) in [7, 11) is 1.71. The molecule has 1 aliphatic rings. The van der Waals surface area contributed by atoms with Crippen LogP contribution in [0.3, 0.4) is 0 Å². The number of hydrogen-bond donors (Lipinski definition) is 0. The van der Waals surface area contributed by atoms with E-state index in [1.54, 1.807) is 7.11 Å². The topological polar surface area (TPSA) is 18.5 Å². The predicted octanol–water partition coefficient (Wildman–Crippen LogP) is 5.35. The maximum Gasteiger partial charge on any atom is 0.115 e. The molecule has 0 aliphatic heterocycles. The fourth-order valence-corrected chi connectivity index (χ4v) is 2.68. The summed E-state index contributed by atoms with van der Waals surface area (Å²) >= 11 is 0. The van der Waals surface area contributed by atoms with E-state index in [9.17, 15) is 0 Å². The molecule has 122 valence electrons. The van der Waals surface area contributed by atoms with Crippen molar-refractivity contribution in [1.82, 2.24) is 0 Å². The van der Waals surface area contributed by atoms with Crippen LogP contribution in [0.1, 0.15) is 60.3 Å². The molecule has 0 aromatic carbocycles. The highest BCUT2D eigenvalue weighted by molar-refractivity contribution is 5.25. The quantitative estimate of drug-likeness (QED) is 0.570. The van der Waals surface area contributed by atoms with Crippen molar-refractivity contribution in [1.29, 1.82) is 0 Å². The SMILES string of the molecule is COC1=CC(C)C(C)(OCCC(C)CCCC(C)C)C=C1. The first-order chi connectivity index (χ1) is 9.87. The normalized spacial score (nSPS) is 26.8. The van der Waals surface area contributed by atoms with Gasteiger partial charge in [-0.15, -0.1) is 0 Å². The molecule has 1 aliphatic carbocycles. The zero-order valence-corrected chi connectivity index (χ0v) is 14.8. The Morgan fingerprint density at radius 1 is 1.19 bits per heavy atom. The van der Waals surface area contributed by atoms with Crippen LogP contribution in [0.4, 0.5) is 0 Å². The van der Waals surface area contributed by atoms with Crippen molar-refractivity contribution in [2.45, 2.75) is 65.9 Å². The van der Waals surface area contributed by atoms with Gasteiger partial charge in [0.15, 0.2) is 0 Å². The van der Waals surface area contributed by atoms with Crippen LogP contribution < -0.4 is 0 Å². The highest BCUT2D eigenvalue weighted by Gasteiger charge is 2.31. The van der Waals surface area contributed by atoms with Crippen molar-refractivity contribution in [3.63, 3.8) is 0 Å². The molecule has 21 heavy (non-hydrogen) atoms. The van der Waals surface area contributed by atoms with Gasteiger partial charge in [0.25, 0.3) is 0 Å². The van der Waals surface area contributed by atoms with E-state index < -0.39 is 0 Å². The number of rotatable bonds is 9. The van der Waals surface area contributed by atoms with E-state index in [2.05, 4.69) is 46.8 Å². The average molecular weight is 294 g/mol. The van der Waals surface area contributed by atoms with Crippen molar-refractivity contribution in [3.8, 4) is 0 Å². The zero-order chi connectivity index (χ0) is 15.9. The minimum atomic E-state index is -0.195. The molecule has 0 bridgehead atoms. The monoisotopic (exact) mass is 294 g/mol. The van der Waals surface area contributed by atoms with Crippen molar-refractivity contribution >= 4 is 0 Å². The summed E-state index contributed by atoms with van der Waals surface area (Å²) in [6.07, 6.45) is 11.4. The van der Waals surface area contributed by atoms with Crippen LogP contribution in [0.15, 0.2) is 24.0 Å². The summed E-state index contributed by atoms with van der Waals surface area (Å²) in [4.78, 5) is 0. The Morgan fingerprint density at radius 3 is 2.48 bits per heavy atom. The van der Waals surface area contributed by atoms with Crippen LogP contribution in [-0.2, 0) is 9.47 Å². The molecule has 0 spiro atoms. The first-order valence-corrected chi connectivity index (χ1v) is 8.46. The lowest BCUT2D eigenvalue weighted by atomic mass is 9.86. The van der Waals surface area contributed by atoms with E-state index in [4.69, 9.17) is 9.47 Å². The maximum atomic E-state index is 6.19. The van der Waals surface area contributed by atoms with Gasteiger partial charge in [0.05, 0.1) is 12.7 Å². The molecule has 0 saturated carbocycles. The van der Waals surface area contributed by atoms with Crippen LogP contribution >= 0.6 is 0 Å². The molecule has 0 aromatic rings. The third-order valence-corrected chi connectivity index (χ3v) is 4.63. The average Bonchev–Trinajstić information content (AvgIpc) is 2.41. The van der Waals surface area contributed by atoms with Gasteiger partial charge in [0.2, 0.25) is 0 Å². The van der Waals surface area contributed by atoms with Crippen molar-refractivity contribution < 1.29 is 9.47 Å². The van der Waals surface area contributed by atoms with E-state index in [1.807, 2.05) is 6.08 Å². The van der Waals surface area contributed by atoms with E-state index in [0.29, 0.717) is 5.92 Å². The molecule has 0 radical (unpaired) electrons. The summed E-state index contributed by atoms with van der Waals surface area (Å²) in [5.41, 5.74) is -0.195. The van der Waals surface area contributed by atoms with Gasteiger partial charge in [-0.1, -0.05) is 47.0 Å². The van der Waals surface area contributed by atoms with Gasteiger partial charge < -0.3 is 9.47 Å². The van der Waals surface area contributed by atoms with Gasteiger partial charge in [-0.3, -0.25) is 0 Å². The molecule has 3 unspecified atom stereocenters. The second-order valence-electron chi connectivity index (χ2n) is 7.15. The summed E-state index contributed by atoms with van der Waals surface area (Å²) in [5.74, 6) is 2.85. The predicted molar refractivity (Wildman–Crippen MR) is 90.2 cm³/mol. The standard InChI is InChI=1S/C19H34O2/c1-15(2)8-7-9-16(3)11-13-21-19(5)12-10-18(20-6)14-17(19)4/h10,12,14-17H,7-9,11,13H2,1-6H3. The van der Waals surface area contributed by atoms with Crippen LogP contribution in [0.2, 0.25) is 0 Å². The molecule has 2 nitrogen and oxygen atoms in total. The minimum absolute atomic E-state index is 0.195. The molecule has 2 heteroatoms. The van der Waals surface area contributed by atoms with Gasteiger partial charge in [0.1, 0.15) is 5.76 Å². The molecular weight excluding hydrogens is 260 g/mol. The third-order valence-electron chi connectivity index (χ3n) is 4.63. The molecule has 1 rings (SSSR count). The summed E-state index contributed by atoms with van der Waals surface area (Å²) < 4.78 is 11.5. The van der Waals surface area contributed by atoms with Crippen LogP contribution in [0.25, 0.3) is 0 Å². The molecule has 0 fully saturated rings. The first kappa shape index (κ1) is 18.3. The third kappa shape index (κ3) is 6.25. The fraction of sp³-hybridized carbons (Fsp3) is 0.789. The number of allylic oxidation sites excluding steroid dienone is 1. The molecule has 3 atom stereocenters. The maximum absolute atomic E-state index is 6.19. The van der Waals surface area contributed by atoms with Gasteiger partial charge in [0, 0.05) is 12.5 Å². The van der Waals surface area contributed by atoms with Gasteiger partial charge in [-0.25, -0.2) is 0 Å². The van der Waals surface area contributed by atoms with E-state index in [0.717, 1.165) is 30.6 Å². The molecule has 0 amide bonds. The Labute approximate surface area is 131 Å². The van der Waals surface area contributed by atoms with Crippen molar-refractivity contribution in [3.05, 3.63) is 24.0 Å². The van der Waals surface area contributed by atoms with Crippen LogP contribution in [0, 0.1) is 17.8 Å². The zero-order valence-electron chi connectivity index (χ0n) is 14.8. The van der Waals surface area contributed by atoms with E-state index >= 15 is 0 Å². The summed E-state index contributed by atoms with van der Waals surface area (Å²) in [5, 5.41) is 0. The Bertz CT molecular complexity index is 357. The molecule has 0 saturated heterocycles. The second-order valence-corrected chi connectivity index (χ2v) is 7.15. The van der Waals surface area contributed by atoms with Crippen molar-refractivity contribution in [2.24, 2.45) is 17.8 Å².